The van der Waals surface area contributed by atoms with Crippen LogP contribution in [0, 0.1) is 0 Å². The molecule has 194 valence electrons. The largest absolute Gasteiger partial charge is 0.435 e. The molecular weight excluding hydrogens is 528 g/mol. The number of alkyl halides is 3. The normalized spacial score (nSPS) is 13.9. The Morgan fingerprint density at radius 2 is 1.68 bits per heavy atom. The summed E-state index contributed by atoms with van der Waals surface area (Å²) in [4.78, 5) is 25.3. The molecule has 37 heavy (non-hydrogen) atoms. The molecule has 0 bridgehead atoms. The van der Waals surface area contributed by atoms with Gasteiger partial charge in [-0.2, -0.15) is 18.3 Å². The van der Waals surface area contributed by atoms with Gasteiger partial charge in [0, 0.05) is 24.1 Å². The minimum absolute atomic E-state index is 0.0819. The highest BCUT2D eigenvalue weighted by Gasteiger charge is 2.42. The fraction of sp³-hybridized carbons (Fsp3) is 0.208. The Morgan fingerprint density at radius 1 is 1.03 bits per heavy atom. The average molecular weight is 550 g/mol. The van der Waals surface area contributed by atoms with Gasteiger partial charge in [0.25, 0.3) is 0 Å². The molecule has 0 aliphatic heterocycles. The fourth-order valence-corrected chi connectivity index (χ4v) is 4.70. The van der Waals surface area contributed by atoms with Crippen molar-refractivity contribution in [2.45, 2.75) is 36.8 Å². The number of hydrogen-bond acceptors (Lipinski definition) is 5. The summed E-state index contributed by atoms with van der Waals surface area (Å²) in [6.07, 6.45) is -4.24. The summed E-state index contributed by atoms with van der Waals surface area (Å²) in [6, 6.07) is 12.7. The Bertz CT molecular complexity index is 1500. The number of Topliss-reactive ketones (excluding diaryl/α,β-unsaturated/α-hetero) is 1. The Hall–Kier alpha value is -3.34. The molecule has 0 spiro atoms. The number of carbonyl (C=O) groups is 2. The van der Waals surface area contributed by atoms with E-state index in [1.165, 1.54) is 24.3 Å². The van der Waals surface area contributed by atoms with E-state index in [9.17, 15) is 31.2 Å². The third-order valence-electron chi connectivity index (χ3n) is 5.79. The van der Waals surface area contributed by atoms with Crippen molar-refractivity contribution in [3.05, 3.63) is 76.9 Å². The van der Waals surface area contributed by atoms with E-state index in [1.54, 1.807) is 18.2 Å². The highest BCUT2D eigenvalue weighted by atomic mass is 32.2. The number of carbonyl (C=O) groups excluding carboxylic acids is 2. The van der Waals surface area contributed by atoms with Crippen molar-refractivity contribution in [1.82, 2.24) is 15.1 Å². The highest BCUT2D eigenvalue weighted by molar-refractivity contribution is 7.89. The second-order valence-corrected chi connectivity index (χ2v) is 10.6. The van der Waals surface area contributed by atoms with Gasteiger partial charge in [-0.25, -0.2) is 18.2 Å². The van der Waals surface area contributed by atoms with Gasteiger partial charge in [-0.05, 0) is 42.4 Å². The summed E-state index contributed by atoms with van der Waals surface area (Å²) >= 11 is 0. The third-order valence-corrected chi connectivity index (χ3v) is 7.36. The second-order valence-electron chi connectivity index (χ2n) is 8.36. The lowest BCUT2D eigenvalue weighted by Gasteiger charge is -2.21. The number of primary sulfonamides is 1. The average Bonchev–Trinajstić information content (AvgIpc) is 3.26. The van der Waals surface area contributed by atoms with Gasteiger partial charge in [0.1, 0.15) is 0 Å². The number of amides is 1. The Morgan fingerprint density at radius 3 is 2.19 bits per heavy atom. The van der Waals surface area contributed by atoms with E-state index in [-0.39, 0.29) is 28.3 Å². The van der Waals surface area contributed by atoms with Crippen LogP contribution in [0.3, 0.4) is 0 Å². The zero-order valence-corrected chi connectivity index (χ0v) is 21.2. The van der Waals surface area contributed by atoms with Gasteiger partial charge >= 0.3 is 6.18 Å². The Labute approximate surface area is 213 Å². The first-order chi connectivity index (χ1) is 17.4. The van der Waals surface area contributed by atoms with E-state index in [0.29, 0.717) is 6.42 Å². The maximum Gasteiger partial charge on any atom is 0.435 e. The lowest BCUT2D eigenvalue weighted by molar-refractivity contribution is -0.141. The number of aromatic nitrogens is 2. The molecule has 8 nitrogen and oxygen atoms in total. The maximum absolute atomic E-state index is 14.1. The molecule has 0 saturated heterocycles. The molecule has 0 saturated carbocycles. The van der Waals surface area contributed by atoms with Crippen LogP contribution in [-0.2, 0) is 21.0 Å². The SMILES string of the molecule is NS(=O)(=O)c1ccc(-n2nc(C(F)(F)F)c(C(=O)CCC(=O)NC3=C(P)CC3)c2-c2ccccc2)cc1. The summed E-state index contributed by atoms with van der Waals surface area (Å²) < 4.78 is 66.5. The predicted molar refractivity (Wildman–Crippen MR) is 133 cm³/mol. The molecule has 3 N–H and O–H groups in total. The van der Waals surface area contributed by atoms with Crippen molar-refractivity contribution in [2.75, 3.05) is 0 Å². The highest BCUT2D eigenvalue weighted by Crippen LogP contribution is 2.39. The summed E-state index contributed by atoms with van der Waals surface area (Å²) in [5.41, 5.74) is -1.10. The zero-order valence-electron chi connectivity index (χ0n) is 19.2. The van der Waals surface area contributed by atoms with Crippen molar-refractivity contribution < 1.29 is 31.2 Å². The first kappa shape index (κ1) is 26.7. The number of nitrogens with one attached hydrogen (secondary N) is 1. The van der Waals surface area contributed by atoms with Crippen LogP contribution < -0.4 is 10.5 Å². The van der Waals surface area contributed by atoms with E-state index in [0.717, 1.165) is 34.2 Å². The monoisotopic (exact) mass is 550 g/mol. The van der Waals surface area contributed by atoms with Crippen molar-refractivity contribution in [1.29, 1.82) is 0 Å². The number of nitrogens with zero attached hydrogens (tertiary/aromatic N) is 2. The van der Waals surface area contributed by atoms with Crippen molar-refractivity contribution in [3.63, 3.8) is 0 Å². The molecule has 1 aliphatic rings. The molecule has 0 fully saturated rings. The van der Waals surface area contributed by atoms with Crippen LogP contribution in [0.25, 0.3) is 16.9 Å². The first-order valence-corrected chi connectivity index (χ1v) is 13.2. The number of halogens is 3. The van der Waals surface area contributed by atoms with Crippen LogP contribution in [0.5, 0.6) is 0 Å². The zero-order chi connectivity index (χ0) is 27.0. The number of hydrogen-bond donors (Lipinski definition) is 2. The van der Waals surface area contributed by atoms with E-state index in [4.69, 9.17) is 5.14 Å². The molecule has 0 radical (unpaired) electrons. The van der Waals surface area contributed by atoms with Gasteiger partial charge < -0.3 is 5.32 Å². The molecule has 1 aromatic heterocycles. The minimum Gasteiger partial charge on any atom is -0.329 e. The van der Waals surface area contributed by atoms with Crippen LogP contribution in [0.1, 0.15) is 41.7 Å². The molecule has 1 heterocycles. The molecule has 2 aromatic carbocycles. The summed E-state index contributed by atoms with van der Waals surface area (Å²) in [5, 5.41) is 12.5. The summed E-state index contributed by atoms with van der Waals surface area (Å²) in [6.45, 7) is 0. The molecule has 4 rings (SSSR count). The molecule has 1 aliphatic carbocycles. The van der Waals surface area contributed by atoms with Crippen molar-refractivity contribution >= 4 is 31.0 Å². The number of nitrogens with two attached hydrogens (primary N) is 1. The van der Waals surface area contributed by atoms with Crippen LogP contribution in [0.4, 0.5) is 13.2 Å². The van der Waals surface area contributed by atoms with Crippen LogP contribution in [0.2, 0.25) is 0 Å². The molecule has 13 heteroatoms. The van der Waals surface area contributed by atoms with E-state index >= 15 is 0 Å². The standard InChI is InChI=1S/C24H22F3N4O4PS/c25-24(26,27)23-21(18(32)11-13-20(33)29-17-10-12-19(17)36)22(14-4-2-1-3-5-14)31(30-23)15-6-8-16(9-7-15)37(28,34)35/h1-9H,10-13,36H2,(H,29,33)(H2,28,34,35). The van der Waals surface area contributed by atoms with Gasteiger partial charge in [0.15, 0.2) is 11.5 Å². The summed E-state index contributed by atoms with van der Waals surface area (Å²) in [5.74, 6) is -1.37. The van der Waals surface area contributed by atoms with Crippen LogP contribution >= 0.6 is 9.24 Å². The minimum atomic E-state index is -4.98. The van der Waals surface area contributed by atoms with Crippen LogP contribution in [0.15, 0.2) is 70.5 Å². The lowest BCUT2D eigenvalue weighted by atomic mass is 9.98. The molecule has 3 aromatic rings. The topological polar surface area (TPSA) is 124 Å². The van der Waals surface area contributed by atoms with E-state index in [2.05, 4.69) is 19.7 Å². The summed E-state index contributed by atoms with van der Waals surface area (Å²) in [7, 11) is -1.53. The van der Waals surface area contributed by atoms with Gasteiger partial charge in [0.05, 0.1) is 21.8 Å². The van der Waals surface area contributed by atoms with Gasteiger partial charge in [-0.15, -0.1) is 9.24 Å². The third kappa shape index (κ3) is 5.82. The van der Waals surface area contributed by atoms with E-state index < -0.39 is 45.6 Å². The quantitative estimate of drug-likeness (QED) is 0.322. The number of rotatable bonds is 8. The van der Waals surface area contributed by atoms with Gasteiger partial charge in [-0.1, -0.05) is 30.3 Å². The number of allylic oxidation sites excluding steroid dienone is 2. The van der Waals surface area contributed by atoms with Crippen molar-refractivity contribution in [3.8, 4) is 16.9 Å². The number of benzene rings is 2. The number of ketones is 1. The molecule has 1 amide bonds. The smallest absolute Gasteiger partial charge is 0.329 e. The second kappa shape index (κ2) is 10.2. The molecule has 1 atom stereocenters. The van der Waals surface area contributed by atoms with Gasteiger partial charge in [-0.3, -0.25) is 9.59 Å². The van der Waals surface area contributed by atoms with E-state index in [1.807, 2.05) is 0 Å². The van der Waals surface area contributed by atoms with Crippen molar-refractivity contribution in [2.24, 2.45) is 5.14 Å². The van der Waals surface area contributed by atoms with Gasteiger partial charge in [0.2, 0.25) is 15.9 Å². The Kier molecular flexibility index (Phi) is 7.36. The first-order valence-electron chi connectivity index (χ1n) is 11.1. The van der Waals surface area contributed by atoms with Crippen LogP contribution in [-0.4, -0.2) is 29.9 Å². The fourth-order valence-electron chi connectivity index (χ4n) is 3.83. The Balaban J connectivity index is 1.79. The molecular formula is C24H22F3N4O4PS. The maximum atomic E-state index is 14.1. The number of sulfonamides is 1. The molecule has 1 unspecified atom stereocenters. The lowest BCUT2D eigenvalue weighted by Crippen LogP contribution is -2.27. The predicted octanol–water partition coefficient (Wildman–Crippen LogP) is 4.17.